The lowest BCUT2D eigenvalue weighted by atomic mass is 9.95. The number of hydrogen-bond donors (Lipinski definition) is 1. The molecule has 0 spiro atoms. The van der Waals surface area contributed by atoms with Crippen LogP contribution in [-0.4, -0.2) is 79.2 Å². The maximum absolute atomic E-state index is 16.7. The lowest BCUT2D eigenvalue weighted by molar-refractivity contribution is 0.107. The Morgan fingerprint density at radius 3 is 2.61 bits per heavy atom. The summed E-state index contributed by atoms with van der Waals surface area (Å²) >= 11 is 0. The third-order valence-corrected chi connectivity index (χ3v) is 11.4. The van der Waals surface area contributed by atoms with Crippen LogP contribution in [0.25, 0.3) is 32.8 Å². The number of phenols is 1. The Balaban J connectivity index is 1.29. The van der Waals surface area contributed by atoms with E-state index in [-0.39, 0.29) is 57.9 Å². The van der Waals surface area contributed by atoms with Gasteiger partial charge in [0.25, 0.3) is 0 Å². The van der Waals surface area contributed by atoms with Gasteiger partial charge in [-0.25, -0.2) is 17.6 Å². The summed E-state index contributed by atoms with van der Waals surface area (Å²) in [6.07, 6.45) is 2.77. The van der Waals surface area contributed by atoms with Gasteiger partial charge in [0.15, 0.2) is 17.5 Å². The average molecular weight is 627 g/mol. The molecule has 44 heavy (non-hydrogen) atoms. The standard InChI is InChI=1S/C32H30F4N4O3S/c33-18-12-32(8-1-9-39(32)13-18)16-43-31-37-29-23(30(38-31)40-19-3-4-20(40)15-44(42)14-19)6-5-22(27(29)35)24-11-21(41)10-17-2-7-25(34)28(36)26(17)24/h2,5-7,10-11,18-20,41H,1,3-4,8-9,12-16H2/t18-,19?,20?,32+,44?/m1/s1. The minimum Gasteiger partial charge on any atom is -0.508 e. The largest absolute Gasteiger partial charge is 0.508 e. The first-order chi connectivity index (χ1) is 21.2. The molecule has 12 heteroatoms. The molecule has 8 rings (SSSR count). The van der Waals surface area contributed by atoms with Gasteiger partial charge in [0.05, 0.1) is 5.54 Å². The molecule has 1 N–H and O–H groups in total. The van der Waals surface area contributed by atoms with E-state index in [4.69, 9.17) is 9.72 Å². The third kappa shape index (κ3) is 4.35. The molecule has 4 aliphatic rings. The van der Waals surface area contributed by atoms with E-state index < -0.39 is 40.0 Å². The molecule has 1 aromatic heterocycles. The Labute approximate surface area is 253 Å². The van der Waals surface area contributed by atoms with Crippen molar-refractivity contribution < 1.29 is 31.6 Å². The fourth-order valence-electron chi connectivity index (χ4n) is 7.97. The van der Waals surface area contributed by atoms with Gasteiger partial charge >= 0.3 is 6.01 Å². The van der Waals surface area contributed by atoms with Crippen molar-refractivity contribution in [3.8, 4) is 22.9 Å². The number of rotatable bonds is 5. The first-order valence-corrected chi connectivity index (χ1v) is 16.5. The number of anilines is 1. The first kappa shape index (κ1) is 28.0. The predicted molar refractivity (Wildman–Crippen MR) is 160 cm³/mol. The van der Waals surface area contributed by atoms with Gasteiger partial charge in [-0.3, -0.25) is 9.11 Å². The molecule has 7 nitrogen and oxygen atoms in total. The van der Waals surface area contributed by atoms with Gasteiger partial charge in [-0.05, 0) is 67.4 Å². The summed E-state index contributed by atoms with van der Waals surface area (Å²) in [4.78, 5) is 13.5. The normalized spacial score (nSPS) is 28.3. The van der Waals surface area contributed by atoms with Crippen LogP contribution in [0.15, 0.2) is 36.4 Å². The Kier molecular flexibility index (Phi) is 6.53. The number of halogens is 4. The molecule has 2 bridgehead atoms. The summed E-state index contributed by atoms with van der Waals surface area (Å²) < 4.78 is 79.2. The van der Waals surface area contributed by atoms with Crippen LogP contribution in [0.4, 0.5) is 23.4 Å². The zero-order valence-electron chi connectivity index (χ0n) is 23.7. The van der Waals surface area contributed by atoms with Crippen molar-refractivity contribution >= 4 is 38.3 Å². The van der Waals surface area contributed by atoms with Crippen molar-refractivity contribution in [3.05, 3.63) is 53.8 Å². The number of fused-ring (bicyclic) bond motifs is 5. The SMILES string of the molecule is O=S1CC2CCC(C1)N2c1nc(OC[C@@]23CCCN2C[C@H](F)C3)nc2c(F)c(-c3cc(O)cc4ccc(F)c(F)c34)ccc12. The van der Waals surface area contributed by atoms with E-state index in [1.165, 1.54) is 24.3 Å². The quantitative estimate of drug-likeness (QED) is 0.288. The Bertz CT molecular complexity index is 1840. The van der Waals surface area contributed by atoms with E-state index in [1.807, 2.05) is 0 Å². The molecule has 5 heterocycles. The van der Waals surface area contributed by atoms with Crippen LogP contribution >= 0.6 is 0 Å². The molecule has 0 saturated carbocycles. The van der Waals surface area contributed by atoms with Gasteiger partial charge in [0, 0.05) is 63.7 Å². The summed E-state index contributed by atoms with van der Waals surface area (Å²) in [6.45, 7) is 1.29. The van der Waals surface area contributed by atoms with Crippen molar-refractivity contribution in [3.63, 3.8) is 0 Å². The zero-order valence-corrected chi connectivity index (χ0v) is 24.6. The minimum atomic E-state index is -1.15. The summed E-state index contributed by atoms with van der Waals surface area (Å²) in [5.74, 6) is -1.84. The number of ether oxygens (including phenoxy) is 1. The Morgan fingerprint density at radius 1 is 1.02 bits per heavy atom. The van der Waals surface area contributed by atoms with E-state index in [1.54, 1.807) is 6.07 Å². The highest BCUT2D eigenvalue weighted by molar-refractivity contribution is 7.85. The van der Waals surface area contributed by atoms with Gasteiger partial charge in [-0.2, -0.15) is 9.97 Å². The lowest BCUT2D eigenvalue weighted by Gasteiger charge is -2.36. The van der Waals surface area contributed by atoms with Crippen molar-refractivity contribution in [2.75, 3.05) is 36.1 Å². The van der Waals surface area contributed by atoms with Gasteiger partial charge in [0.1, 0.15) is 29.9 Å². The molecular formula is C32H30F4N4O3S. The maximum atomic E-state index is 16.7. The number of hydrogen-bond acceptors (Lipinski definition) is 7. The topological polar surface area (TPSA) is 78.8 Å². The number of nitrogens with zero attached hydrogens (tertiary/aromatic N) is 4. The summed E-state index contributed by atoms with van der Waals surface area (Å²) in [5.41, 5.74) is -0.635. The fraction of sp³-hybridized carbons (Fsp3) is 0.438. The van der Waals surface area contributed by atoms with E-state index in [2.05, 4.69) is 14.8 Å². The van der Waals surface area contributed by atoms with Gasteiger partial charge in [-0.15, -0.1) is 0 Å². The number of benzene rings is 3. The van der Waals surface area contributed by atoms with Crippen molar-refractivity contribution in [2.45, 2.75) is 55.9 Å². The Hall–Kier alpha value is -3.51. The average Bonchev–Trinajstić information content (AvgIpc) is 3.61. The highest BCUT2D eigenvalue weighted by atomic mass is 32.2. The van der Waals surface area contributed by atoms with Crippen LogP contribution in [-0.2, 0) is 10.8 Å². The lowest BCUT2D eigenvalue weighted by Crippen LogP contribution is -2.47. The van der Waals surface area contributed by atoms with Crippen LogP contribution in [0.5, 0.6) is 11.8 Å². The van der Waals surface area contributed by atoms with E-state index in [9.17, 15) is 18.1 Å². The second-order valence-corrected chi connectivity index (χ2v) is 14.1. The van der Waals surface area contributed by atoms with Gasteiger partial charge in [-0.1, -0.05) is 12.1 Å². The molecule has 3 aromatic carbocycles. The molecule has 0 amide bonds. The molecule has 4 fully saturated rings. The number of aromatic nitrogens is 2. The third-order valence-electron chi connectivity index (χ3n) is 9.90. The van der Waals surface area contributed by atoms with Crippen LogP contribution in [0, 0.1) is 17.5 Å². The maximum Gasteiger partial charge on any atom is 0.319 e. The number of aromatic hydroxyl groups is 1. The zero-order chi connectivity index (χ0) is 30.3. The number of phenolic OH excluding ortho intramolecular Hbond substituents is 1. The minimum absolute atomic E-state index is 0.0205. The molecule has 0 aliphatic carbocycles. The molecule has 230 valence electrons. The monoisotopic (exact) mass is 626 g/mol. The van der Waals surface area contributed by atoms with Crippen LogP contribution in [0.1, 0.15) is 32.1 Å². The molecular weight excluding hydrogens is 596 g/mol. The Morgan fingerprint density at radius 2 is 1.82 bits per heavy atom. The van der Waals surface area contributed by atoms with E-state index in [0.717, 1.165) is 38.3 Å². The molecule has 4 atom stereocenters. The molecule has 4 aromatic rings. The first-order valence-electron chi connectivity index (χ1n) is 15.0. The summed E-state index contributed by atoms with van der Waals surface area (Å²) in [7, 11) is -0.958. The van der Waals surface area contributed by atoms with Gasteiger partial charge in [0.2, 0.25) is 0 Å². The van der Waals surface area contributed by atoms with Crippen molar-refractivity contribution in [1.29, 1.82) is 0 Å². The second-order valence-electron chi connectivity index (χ2n) is 12.5. The van der Waals surface area contributed by atoms with Crippen LogP contribution in [0.3, 0.4) is 0 Å². The second kappa shape index (κ2) is 10.3. The highest BCUT2D eigenvalue weighted by Crippen LogP contribution is 2.44. The summed E-state index contributed by atoms with van der Waals surface area (Å²) in [5, 5.41) is 10.9. The fourth-order valence-corrected chi connectivity index (χ4v) is 9.62. The number of alkyl halides is 1. The molecule has 4 aliphatic heterocycles. The van der Waals surface area contributed by atoms with E-state index in [0.29, 0.717) is 35.7 Å². The van der Waals surface area contributed by atoms with E-state index >= 15 is 8.78 Å². The van der Waals surface area contributed by atoms with Gasteiger partial charge < -0.3 is 14.7 Å². The molecule has 2 unspecified atom stereocenters. The highest BCUT2D eigenvalue weighted by Gasteiger charge is 2.49. The van der Waals surface area contributed by atoms with Crippen molar-refractivity contribution in [2.24, 2.45) is 0 Å². The predicted octanol–water partition coefficient (Wildman–Crippen LogP) is 5.63. The molecule has 4 saturated heterocycles. The smallest absolute Gasteiger partial charge is 0.319 e. The molecule has 0 radical (unpaired) electrons. The van der Waals surface area contributed by atoms with Crippen LogP contribution < -0.4 is 9.64 Å². The van der Waals surface area contributed by atoms with Crippen molar-refractivity contribution in [1.82, 2.24) is 14.9 Å². The van der Waals surface area contributed by atoms with Crippen LogP contribution in [0.2, 0.25) is 0 Å². The summed E-state index contributed by atoms with van der Waals surface area (Å²) in [6, 6.07) is 7.75.